The fourth-order valence-corrected chi connectivity index (χ4v) is 2.15. The highest BCUT2D eigenvalue weighted by molar-refractivity contribution is 5.71. The van der Waals surface area contributed by atoms with Gasteiger partial charge in [0.25, 0.3) is 0 Å². The molecule has 2 heterocycles. The third-order valence-electron chi connectivity index (χ3n) is 3.05. The summed E-state index contributed by atoms with van der Waals surface area (Å²) in [5.74, 6) is -0.320. The van der Waals surface area contributed by atoms with Crippen molar-refractivity contribution in [1.82, 2.24) is 10.3 Å². The van der Waals surface area contributed by atoms with Crippen LogP contribution in [0.3, 0.4) is 0 Å². The van der Waals surface area contributed by atoms with Gasteiger partial charge in [-0.1, -0.05) is 18.2 Å². The molecule has 0 bridgehead atoms. The normalized spacial score (nSPS) is 21.8. The zero-order chi connectivity index (χ0) is 13.2. The maximum Gasteiger partial charge on any atom is 0.408 e. The molecule has 0 radical (unpaired) electrons. The van der Waals surface area contributed by atoms with Gasteiger partial charge < -0.3 is 10.1 Å². The minimum atomic E-state index is -0.483. The van der Waals surface area contributed by atoms with Crippen LogP contribution in [-0.2, 0) is 4.74 Å². The fraction of sp³-hybridized carbons (Fsp3) is 0.143. The molecule has 1 aromatic carbocycles. The van der Waals surface area contributed by atoms with E-state index in [-0.39, 0.29) is 11.9 Å². The van der Waals surface area contributed by atoms with Crippen molar-refractivity contribution in [3.63, 3.8) is 0 Å². The van der Waals surface area contributed by atoms with E-state index in [2.05, 4.69) is 10.3 Å². The first-order valence-electron chi connectivity index (χ1n) is 5.86. The quantitative estimate of drug-likeness (QED) is 0.901. The number of nitrogens with one attached hydrogen (secondary N) is 1. The minimum absolute atomic E-state index is 0.313. The molecule has 0 saturated carbocycles. The molecular weight excluding hydrogens is 247 g/mol. The lowest BCUT2D eigenvalue weighted by Crippen LogP contribution is -2.19. The second kappa shape index (κ2) is 4.68. The average Bonchev–Trinajstić information content (AvgIpc) is 2.83. The summed E-state index contributed by atoms with van der Waals surface area (Å²) in [6.07, 6.45) is 2.38. The van der Waals surface area contributed by atoms with E-state index in [4.69, 9.17) is 4.74 Å². The summed E-state index contributed by atoms with van der Waals surface area (Å²) in [4.78, 5) is 15.5. The third-order valence-corrected chi connectivity index (χ3v) is 3.05. The minimum Gasteiger partial charge on any atom is -0.439 e. The fourth-order valence-electron chi connectivity index (χ4n) is 2.15. The van der Waals surface area contributed by atoms with Gasteiger partial charge in [0.2, 0.25) is 0 Å². The molecule has 1 fully saturated rings. The molecule has 96 valence electrons. The zero-order valence-corrected chi connectivity index (χ0v) is 9.92. The van der Waals surface area contributed by atoms with Crippen LogP contribution in [0.4, 0.5) is 9.18 Å². The SMILES string of the molecule is O=C1N[C@H](c2cccnc2)[C@@H](c2ccc(F)cc2)O1. The summed E-state index contributed by atoms with van der Waals surface area (Å²) in [6.45, 7) is 0. The van der Waals surface area contributed by atoms with Crippen LogP contribution in [-0.4, -0.2) is 11.1 Å². The first-order chi connectivity index (χ1) is 9.24. The number of alkyl carbamates (subject to hydrolysis) is 1. The van der Waals surface area contributed by atoms with E-state index in [1.807, 2.05) is 6.07 Å². The lowest BCUT2D eigenvalue weighted by molar-refractivity contribution is 0.132. The number of halogens is 1. The van der Waals surface area contributed by atoms with Crippen molar-refractivity contribution in [1.29, 1.82) is 0 Å². The first kappa shape index (κ1) is 11.6. The van der Waals surface area contributed by atoms with Crippen LogP contribution in [0.15, 0.2) is 48.8 Å². The highest BCUT2D eigenvalue weighted by atomic mass is 19.1. The highest BCUT2D eigenvalue weighted by Crippen LogP contribution is 2.36. The van der Waals surface area contributed by atoms with E-state index in [0.717, 1.165) is 11.1 Å². The monoisotopic (exact) mass is 258 g/mol. The van der Waals surface area contributed by atoms with Gasteiger partial charge in [0.1, 0.15) is 11.9 Å². The van der Waals surface area contributed by atoms with Gasteiger partial charge in [0.05, 0.1) is 0 Å². The highest BCUT2D eigenvalue weighted by Gasteiger charge is 2.36. The van der Waals surface area contributed by atoms with Crippen LogP contribution in [0.2, 0.25) is 0 Å². The van der Waals surface area contributed by atoms with Crippen molar-refractivity contribution in [3.8, 4) is 0 Å². The first-order valence-corrected chi connectivity index (χ1v) is 5.86. The molecule has 1 aromatic heterocycles. The van der Waals surface area contributed by atoms with Crippen LogP contribution in [0.25, 0.3) is 0 Å². The van der Waals surface area contributed by atoms with Gasteiger partial charge >= 0.3 is 6.09 Å². The Kier molecular flexibility index (Phi) is 2.87. The molecule has 1 aliphatic heterocycles. The van der Waals surface area contributed by atoms with Gasteiger partial charge in [0.15, 0.2) is 6.10 Å². The summed E-state index contributed by atoms with van der Waals surface area (Å²) < 4.78 is 18.2. The number of benzene rings is 1. The van der Waals surface area contributed by atoms with Crippen molar-refractivity contribution in [2.45, 2.75) is 12.1 Å². The summed E-state index contributed by atoms with van der Waals surface area (Å²) in [7, 11) is 0. The number of carbonyl (C=O) groups is 1. The van der Waals surface area contributed by atoms with Crippen molar-refractivity contribution in [2.24, 2.45) is 0 Å². The molecular formula is C14H11FN2O2. The van der Waals surface area contributed by atoms with Crippen LogP contribution in [0.1, 0.15) is 23.3 Å². The number of hydrogen-bond donors (Lipinski definition) is 1. The molecule has 2 atom stereocenters. The predicted molar refractivity (Wildman–Crippen MR) is 65.7 cm³/mol. The number of ether oxygens (including phenoxy) is 1. The second-order valence-electron chi connectivity index (χ2n) is 4.29. The van der Waals surface area contributed by atoms with Gasteiger partial charge in [-0.05, 0) is 29.3 Å². The molecule has 0 spiro atoms. The average molecular weight is 258 g/mol. The second-order valence-corrected chi connectivity index (χ2v) is 4.29. The Morgan fingerprint density at radius 3 is 2.63 bits per heavy atom. The molecule has 0 aliphatic carbocycles. The smallest absolute Gasteiger partial charge is 0.408 e. The molecule has 1 amide bonds. The van der Waals surface area contributed by atoms with Gasteiger partial charge in [-0.2, -0.15) is 0 Å². The number of cyclic esters (lactones) is 1. The van der Waals surface area contributed by atoms with E-state index in [1.165, 1.54) is 12.1 Å². The summed E-state index contributed by atoms with van der Waals surface area (Å²) in [5.41, 5.74) is 1.59. The topological polar surface area (TPSA) is 51.2 Å². The Morgan fingerprint density at radius 1 is 1.16 bits per heavy atom. The maximum atomic E-state index is 12.9. The van der Waals surface area contributed by atoms with Crippen molar-refractivity contribution in [3.05, 3.63) is 65.7 Å². The lowest BCUT2D eigenvalue weighted by atomic mass is 9.98. The standard InChI is InChI=1S/C14H11FN2O2/c15-11-5-3-9(4-6-11)13-12(17-14(18)19-13)10-2-1-7-16-8-10/h1-8,12-13H,(H,17,18)/t12-,13-/m1/s1. The molecule has 1 aliphatic rings. The lowest BCUT2D eigenvalue weighted by Gasteiger charge is -2.17. The Bertz CT molecular complexity index is 586. The molecule has 0 unspecified atom stereocenters. The third kappa shape index (κ3) is 2.27. The van der Waals surface area contributed by atoms with E-state index in [9.17, 15) is 9.18 Å². The van der Waals surface area contributed by atoms with E-state index in [1.54, 1.807) is 30.6 Å². The van der Waals surface area contributed by atoms with Crippen LogP contribution in [0.5, 0.6) is 0 Å². The zero-order valence-electron chi connectivity index (χ0n) is 9.92. The van der Waals surface area contributed by atoms with Crippen LogP contribution in [0, 0.1) is 5.82 Å². The van der Waals surface area contributed by atoms with E-state index < -0.39 is 12.2 Å². The summed E-state index contributed by atoms with van der Waals surface area (Å²) in [6, 6.07) is 9.27. The Hall–Kier alpha value is -2.43. The number of amides is 1. The largest absolute Gasteiger partial charge is 0.439 e. The number of rotatable bonds is 2. The Balaban J connectivity index is 1.95. The Morgan fingerprint density at radius 2 is 1.95 bits per heavy atom. The van der Waals surface area contributed by atoms with Gasteiger partial charge in [-0.25, -0.2) is 9.18 Å². The van der Waals surface area contributed by atoms with Crippen molar-refractivity contribution in [2.75, 3.05) is 0 Å². The number of carbonyl (C=O) groups excluding carboxylic acids is 1. The number of pyridine rings is 1. The van der Waals surface area contributed by atoms with Crippen LogP contribution >= 0.6 is 0 Å². The van der Waals surface area contributed by atoms with E-state index >= 15 is 0 Å². The van der Waals surface area contributed by atoms with E-state index in [0.29, 0.717) is 0 Å². The number of aromatic nitrogens is 1. The summed E-state index contributed by atoms with van der Waals surface area (Å²) >= 11 is 0. The summed E-state index contributed by atoms with van der Waals surface area (Å²) in [5, 5.41) is 2.74. The predicted octanol–water partition coefficient (Wildman–Crippen LogP) is 2.74. The molecule has 1 N–H and O–H groups in total. The maximum absolute atomic E-state index is 12.9. The van der Waals surface area contributed by atoms with Crippen molar-refractivity contribution < 1.29 is 13.9 Å². The molecule has 19 heavy (non-hydrogen) atoms. The molecule has 3 rings (SSSR count). The molecule has 1 saturated heterocycles. The van der Waals surface area contributed by atoms with Crippen molar-refractivity contribution >= 4 is 6.09 Å². The molecule has 4 nitrogen and oxygen atoms in total. The number of hydrogen-bond acceptors (Lipinski definition) is 3. The Labute approximate surface area is 109 Å². The molecule has 5 heteroatoms. The number of nitrogens with zero attached hydrogens (tertiary/aromatic N) is 1. The van der Waals surface area contributed by atoms with Gasteiger partial charge in [-0.3, -0.25) is 4.98 Å². The van der Waals surface area contributed by atoms with Gasteiger partial charge in [0, 0.05) is 12.4 Å². The van der Waals surface area contributed by atoms with Gasteiger partial charge in [-0.15, -0.1) is 0 Å². The van der Waals surface area contributed by atoms with Crippen LogP contribution < -0.4 is 5.32 Å². The molecule has 2 aromatic rings.